The molecule has 1 fully saturated rings. The minimum atomic E-state index is -0.667. The van der Waals surface area contributed by atoms with Crippen LogP contribution >= 0.6 is 11.6 Å². The minimum Gasteiger partial charge on any atom is -0.495 e. The summed E-state index contributed by atoms with van der Waals surface area (Å²) in [5, 5.41) is 26.5. The van der Waals surface area contributed by atoms with Crippen LogP contribution < -0.4 is 4.74 Å². The van der Waals surface area contributed by atoms with Crippen LogP contribution in [0.4, 0.5) is 0 Å². The van der Waals surface area contributed by atoms with Gasteiger partial charge in [0.25, 0.3) is 0 Å². The Balaban J connectivity index is 0.000000321. The van der Waals surface area contributed by atoms with Crippen molar-refractivity contribution in [1.82, 2.24) is 0 Å². The maximum Gasteiger partial charge on any atom is 0.140 e. The number of ketones is 2. The van der Waals surface area contributed by atoms with E-state index >= 15 is 0 Å². The van der Waals surface area contributed by atoms with E-state index in [1.807, 2.05) is 13.0 Å². The highest BCUT2D eigenvalue weighted by molar-refractivity contribution is 6.32. The summed E-state index contributed by atoms with van der Waals surface area (Å²) >= 11 is 6.03. The Morgan fingerprint density at radius 1 is 1.12 bits per heavy atom. The number of hydrogen-bond acceptors (Lipinski definition) is 6. The van der Waals surface area contributed by atoms with Crippen molar-refractivity contribution in [3.05, 3.63) is 28.8 Å². The van der Waals surface area contributed by atoms with Crippen molar-refractivity contribution >= 4 is 23.2 Å². The molecule has 2 rings (SSSR count). The Hall–Kier alpha value is -1.47. The lowest BCUT2D eigenvalue weighted by Crippen LogP contribution is -2.32. The quantitative estimate of drug-likeness (QED) is 0.647. The minimum absolute atomic E-state index is 0.0122. The number of carbonyl (C=O) groups is 2. The number of benzene rings is 1. The van der Waals surface area contributed by atoms with E-state index in [9.17, 15) is 9.59 Å². The second-order valence-electron chi connectivity index (χ2n) is 6.58. The maximum absolute atomic E-state index is 11.4. The first-order chi connectivity index (χ1) is 12.3. The molecular weight excluding hydrogens is 360 g/mol. The van der Waals surface area contributed by atoms with Crippen molar-refractivity contribution in [2.75, 3.05) is 26.9 Å². The highest BCUT2D eigenvalue weighted by atomic mass is 35.5. The Bertz CT molecular complexity index is 579. The van der Waals surface area contributed by atoms with Crippen LogP contribution in [0.1, 0.15) is 44.1 Å². The molecule has 7 heteroatoms. The van der Waals surface area contributed by atoms with Crippen LogP contribution in [0.15, 0.2) is 18.2 Å². The van der Waals surface area contributed by atoms with Gasteiger partial charge in [0.05, 0.1) is 38.4 Å². The van der Waals surface area contributed by atoms with E-state index in [0.717, 1.165) is 5.56 Å². The van der Waals surface area contributed by atoms with Crippen molar-refractivity contribution in [3.8, 4) is 5.75 Å². The van der Waals surface area contributed by atoms with Gasteiger partial charge in [-0.15, -0.1) is 0 Å². The lowest BCUT2D eigenvalue weighted by molar-refractivity contribution is -0.130. The van der Waals surface area contributed by atoms with Gasteiger partial charge in [-0.1, -0.05) is 24.6 Å². The molecule has 146 valence electrons. The van der Waals surface area contributed by atoms with E-state index in [0.29, 0.717) is 30.0 Å². The number of rotatable bonds is 6. The number of aliphatic hydroxyl groups is 3. The molecule has 1 aliphatic carbocycles. The molecule has 1 aliphatic rings. The van der Waals surface area contributed by atoms with E-state index in [1.165, 1.54) is 0 Å². The average Bonchev–Trinajstić information content (AvgIpc) is 2.64. The number of hydrogen-bond donors (Lipinski definition) is 3. The summed E-state index contributed by atoms with van der Waals surface area (Å²) in [6, 6.07) is 5.40. The fourth-order valence-corrected chi connectivity index (χ4v) is 2.91. The average molecular weight is 387 g/mol. The topological polar surface area (TPSA) is 104 Å². The number of Topliss-reactive ketones (excluding diaryl/α,β-unsaturated/α-hetero) is 2. The lowest BCUT2D eigenvalue weighted by atomic mass is 9.83. The van der Waals surface area contributed by atoms with Crippen molar-refractivity contribution in [1.29, 1.82) is 0 Å². The van der Waals surface area contributed by atoms with Gasteiger partial charge in [-0.05, 0) is 30.0 Å². The Morgan fingerprint density at radius 2 is 1.65 bits per heavy atom. The zero-order valence-corrected chi connectivity index (χ0v) is 16.0. The van der Waals surface area contributed by atoms with Crippen LogP contribution in [0.5, 0.6) is 5.75 Å². The van der Waals surface area contributed by atoms with Crippen molar-refractivity contribution in [2.24, 2.45) is 5.41 Å². The van der Waals surface area contributed by atoms with Gasteiger partial charge in [0.15, 0.2) is 0 Å². The molecule has 1 aromatic carbocycles. The fraction of sp³-hybridized carbons (Fsp3) is 0.579. The molecule has 1 saturated carbocycles. The molecule has 3 N–H and O–H groups in total. The van der Waals surface area contributed by atoms with E-state index in [4.69, 9.17) is 31.7 Å². The number of halogens is 1. The first-order valence-corrected chi connectivity index (χ1v) is 8.91. The highest BCUT2D eigenvalue weighted by Crippen LogP contribution is 2.33. The summed E-state index contributed by atoms with van der Waals surface area (Å²) in [6.07, 6.45) is 1.53. The molecule has 0 radical (unpaired) electrons. The van der Waals surface area contributed by atoms with Crippen molar-refractivity contribution in [3.63, 3.8) is 0 Å². The molecular formula is C19H27ClO6. The second-order valence-corrected chi connectivity index (χ2v) is 6.99. The molecule has 1 aromatic rings. The van der Waals surface area contributed by atoms with E-state index in [-0.39, 0.29) is 43.7 Å². The van der Waals surface area contributed by atoms with Crippen LogP contribution in [-0.4, -0.2) is 53.8 Å². The van der Waals surface area contributed by atoms with Gasteiger partial charge in [0.1, 0.15) is 17.3 Å². The third-order valence-corrected chi connectivity index (χ3v) is 5.04. The molecule has 0 spiro atoms. The van der Waals surface area contributed by atoms with E-state index < -0.39 is 5.41 Å². The first kappa shape index (κ1) is 22.6. The van der Waals surface area contributed by atoms with Gasteiger partial charge in [-0.3, -0.25) is 9.59 Å². The van der Waals surface area contributed by atoms with Crippen LogP contribution in [-0.2, 0) is 9.59 Å². The van der Waals surface area contributed by atoms with Crippen LogP contribution in [0.25, 0.3) is 0 Å². The van der Waals surface area contributed by atoms with Gasteiger partial charge in [-0.25, -0.2) is 0 Å². The number of methoxy groups -OCH3 is 1. The largest absolute Gasteiger partial charge is 0.495 e. The van der Waals surface area contributed by atoms with Crippen molar-refractivity contribution < 1.29 is 29.6 Å². The summed E-state index contributed by atoms with van der Waals surface area (Å²) < 4.78 is 5.06. The lowest BCUT2D eigenvalue weighted by Gasteiger charge is -2.24. The van der Waals surface area contributed by atoms with Crippen LogP contribution in [0.3, 0.4) is 0 Å². The third kappa shape index (κ3) is 6.06. The predicted octanol–water partition coefficient (Wildman–Crippen LogP) is 2.11. The molecule has 0 atom stereocenters. The van der Waals surface area contributed by atoms with Gasteiger partial charge >= 0.3 is 0 Å². The summed E-state index contributed by atoms with van der Waals surface area (Å²) in [4.78, 5) is 22.8. The summed E-state index contributed by atoms with van der Waals surface area (Å²) in [7, 11) is 1.55. The SMILES string of the molecule is CCC(CO)(CO)CO.COc1ccc(C2CC(=O)CC(=O)C2)cc1Cl. The standard InChI is InChI=1S/C13H13ClO3.C6H14O3/c1-17-13-3-2-8(6-12(13)14)9-4-10(15)7-11(16)5-9;1-2-6(3-7,4-8)5-9/h2-3,6,9H,4-5,7H2,1H3;7-9H,2-5H2,1H3. The number of aliphatic hydroxyl groups excluding tert-OH is 3. The fourth-order valence-electron chi connectivity index (χ4n) is 2.64. The maximum atomic E-state index is 11.4. The third-order valence-electron chi connectivity index (χ3n) is 4.75. The molecule has 0 unspecified atom stereocenters. The molecule has 0 saturated heterocycles. The van der Waals surface area contributed by atoms with Crippen LogP contribution in [0.2, 0.25) is 5.02 Å². The second kappa shape index (κ2) is 10.6. The molecule has 26 heavy (non-hydrogen) atoms. The van der Waals surface area contributed by atoms with Gasteiger partial charge in [0, 0.05) is 18.3 Å². The number of ether oxygens (including phenoxy) is 1. The molecule has 6 nitrogen and oxygen atoms in total. The molecule has 0 aliphatic heterocycles. The predicted molar refractivity (Wildman–Crippen MR) is 98.6 cm³/mol. The highest BCUT2D eigenvalue weighted by Gasteiger charge is 2.27. The Morgan fingerprint density at radius 3 is 2.00 bits per heavy atom. The summed E-state index contributed by atoms with van der Waals surface area (Å²) in [5.74, 6) is 0.590. The smallest absolute Gasteiger partial charge is 0.140 e. The summed E-state index contributed by atoms with van der Waals surface area (Å²) in [6.45, 7) is 1.35. The first-order valence-electron chi connectivity index (χ1n) is 8.54. The van der Waals surface area contributed by atoms with Gasteiger partial charge < -0.3 is 20.1 Å². The Labute approximate surface area is 158 Å². The van der Waals surface area contributed by atoms with Crippen LogP contribution in [0, 0.1) is 5.41 Å². The molecule has 0 bridgehead atoms. The normalized spacial score (nSPS) is 15.5. The van der Waals surface area contributed by atoms with Gasteiger partial charge in [0.2, 0.25) is 0 Å². The molecule has 0 heterocycles. The van der Waals surface area contributed by atoms with E-state index in [2.05, 4.69) is 0 Å². The summed E-state index contributed by atoms with van der Waals surface area (Å²) in [5.41, 5.74) is 0.261. The molecule has 0 amide bonds. The molecule has 0 aromatic heterocycles. The monoisotopic (exact) mass is 386 g/mol. The van der Waals surface area contributed by atoms with Crippen molar-refractivity contribution in [2.45, 2.75) is 38.5 Å². The zero-order chi connectivity index (χ0) is 19.7. The number of carbonyl (C=O) groups excluding carboxylic acids is 2. The Kier molecular flexibility index (Phi) is 9.22. The zero-order valence-electron chi connectivity index (χ0n) is 15.2. The van der Waals surface area contributed by atoms with E-state index in [1.54, 1.807) is 19.2 Å². The van der Waals surface area contributed by atoms with Gasteiger partial charge in [-0.2, -0.15) is 0 Å².